The highest BCUT2D eigenvalue weighted by Gasteiger charge is 2.56. The Morgan fingerprint density at radius 2 is 1.73 bits per heavy atom. The highest BCUT2D eigenvalue weighted by Crippen LogP contribution is 2.62. The van der Waals surface area contributed by atoms with Crippen molar-refractivity contribution in [3.63, 3.8) is 0 Å². The topological polar surface area (TPSA) is 63.3 Å². The predicted octanol–water partition coefficient (Wildman–Crippen LogP) is 6.87. The molecule has 0 spiro atoms. The number of carbonyl (C=O) groups is 1. The zero-order valence-electron chi connectivity index (χ0n) is 21.4. The van der Waals surface area contributed by atoms with Crippen molar-refractivity contribution in [2.45, 2.75) is 51.0 Å². The molecule has 0 saturated heterocycles. The van der Waals surface area contributed by atoms with Gasteiger partial charge in [0.1, 0.15) is 0 Å². The SMILES string of the molecule is C[C@]12CCC3c4ccc(/C=C/c5ccccc5)cc4CCC3C1C/C(=C\c1cccc(C(N)=O)c1)[C@@H]2O. The summed E-state index contributed by atoms with van der Waals surface area (Å²) in [5.74, 6) is 1.21. The molecule has 6 rings (SSSR count). The molecule has 3 aliphatic carbocycles. The van der Waals surface area contributed by atoms with Gasteiger partial charge >= 0.3 is 0 Å². The van der Waals surface area contributed by atoms with Crippen LogP contribution in [0.1, 0.15) is 76.7 Å². The highest BCUT2D eigenvalue weighted by atomic mass is 16.3. The van der Waals surface area contributed by atoms with Gasteiger partial charge in [0.2, 0.25) is 5.91 Å². The number of aliphatic hydroxyl groups is 1. The van der Waals surface area contributed by atoms with Gasteiger partial charge in [0.25, 0.3) is 0 Å². The summed E-state index contributed by atoms with van der Waals surface area (Å²) in [5, 5.41) is 11.5. The van der Waals surface area contributed by atoms with Crippen LogP contribution >= 0.6 is 0 Å². The summed E-state index contributed by atoms with van der Waals surface area (Å²) in [6.45, 7) is 2.30. The Labute approximate surface area is 219 Å². The van der Waals surface area contributed by atoms with Crippen molar-refractivity contribution in [3.05, 3.63) is 112 Å². The van der Waals surface area contributed by atoms with E-state index in [0.717, 1.165) is 36.8 Å². The van der Waals surface area contributed by atoms with E-state index in [4.69, 9.17) is 5.73 Å². The van der Waals surface area contributed by atoms with Gasteiger partial charge < -0.3 is 10.8 Å². The van der Waals surface area contributed by atoms with Crippen molar-refractivity contribution in [3.8, 4) is 0 Å². The van der Waals surface area contributed by atoms with Crippen LogP contribution in [-0.4, -0.2) is 17.1 Å². The normalized spacial score (nSPS) is 29.6. The lowest BCUT2D eigenvalue weighted by molar-refractivity contribution is -0.0158. The molecule has 2 fully saturated rings. The number of primary amides is 1. The van der Waals surface area contributed by atoms with E-state index in [0.29, 0.717) is 23.3 Å². The Morgan fingerprint density at radius 1 is 0.946 bits per heavy atom. The first-order chi connectivity index (χ1) is 17.9. The number of carbonyl (C=O) groups excluding carboxylic acids is 1. The van der Waals surface area contributed by atoms with Gasteiger partial charge in [-0.15, -0.1) is 0 Å². The quantitative estimate of drug-likeness (QED) is 0.393. The first kappa shape index (κ1) is 23.9. The van der Waals surface area contributed by atoms with Gasteiger partial charge in [-0.2, -0.15) is 0 Å². The molecular weight excluding hydrogens is 454 g/mol. The minimum absolute atomic E-state index is 0.0931. The highest BCUT2D eigenvalue weighted by molar-refractivity contribution is 5.93. The predicted molar refractivity (Wildman–Crippen MR) is 151 cm³/mol. The number of hydrogen-bond acceptors (Lipinski definition) is 2. The fourth-order valence-electron chi connectivity index (χ4n) is 7.46. The van der Waals surface area contributed by atoms with Gasteiger partial charge in [-0.1, -0.05) is 85.8 Å². The van der Waals surface area contributed by atoms with Crippen LogP contribution in [0.15, 0.2) is 78.4 Å². The van der Waals surface area contributed by atoms with E-state index in [-0.39, 0.29) is 5.41 Å². The Hall–Kier alpha value is -3.43. The van der Waals surface area contributed by atoms with E-state index in [1.165, 1.54) is 28.7 Å². The van der Waals surface area contributed by atoms with Gasteiger partial charge in [-0.25, -0.2) is 0 Å². The maximum atomic E-state index is 11.6. The zero-order chi connectivity index (χ0) is 25.6. The Balaban J connectivity index is 1.25. The van der Waals surface area contributed by atoms with Crippen molar-refractivity contribution in [2.75, 3.05) is 0 Å². The molecule has 37 heavy (non-hydrogen) atoms. The fourth-order valence-corrected chi connectivity index (χ4v) is 7.46. The van der Waals surface area contributed by atoms with Crippen LogP contribution in [0.4, 0.5) is 0 Å². The van der Waals surface area contributed by atoms with Crippen molar-refractivity contribution in [1.82, 2.24) is 0 Å². The third kappa shape index (κ3) is 4.36. The van der Waals surface area contributed by atoms with Crippen LogP contribution in [0.25, 0.3) is 18.2 Å². The van der Waals surface area contributed by atoms with Crippen molar-refractivity contribution >= 4 is 24.1 Å². The van der Waals surface area contributed by atoms with Crippen molar-refractivity contribution < 1.29 is 9.90 Å². The molecule has 3 aliphatic rings. The molecule has 0 bridgehead atoms. The molecule has 0 heterocycles. The summed E-state index contributed by atoms with van der Waals surface area (Å²) in [5.41, 5.74) is 13.4. The van der Waals surface area contributed by atoms with Crippen LogP contribution in [0.3, 0.4) is 0 Å². The molecule has 3 nitrogen and oxygen atoms in total. The average molecular weight is 490 g/mol. The largest absolute Gasteiger partial charge is 0.388 e. The van der Waals surface area contributed by atoms with Crippen LogP contribution in [0.2, 0.25) is 0 Å². The maximum Gasteiger partial charge on any atom is 0.248 e. The molecule has 3 heteroatoms. The minimum atomic E-state index is -0.442. The number of aryl methyl sites for hydroxylation is 1. The van der Waals surface area contributed by atoms with Crippen LogP contribution in [0.5, 0.6) is 0 Å². The summed E-state index contributed by atoms with van der Waals surface area (Å²) >= 11 is 0. The van der Waals surface area contributed by atoms with Gasteiger partial charge in [0, 0.05) is 11.0 Å². The number of amides is 1. The molecule has 0 aliphatic heterocycles. The molecule has 3 unspecified atom stereocenters. The lowest BCUT2D eigenvalue weighted by Gasteiger charge is -2.49. The third-order valence-corrected chi connectivity index (χ3v) is 9.41. The van der Waals surface area contributed by atoms with Crippen LogP contribution < -0.4 is 5.73 Å². The summed E-state index contributed by atoms with van der Waals surface area (Å²) in [6.07, 6.45) is 11.4. The Bertz CT molecular complexity index is 1390. The first-order valence-electron chi connectivity index (χ1n) is 13.6. The van der Waals surface area contributed by atoms with E-state index in [1.807, 2.05) is 24.3 Å². The maximum absolute atomic E-state index is 11.6. The van der Waals surface area contributed by atoms with Gasteiger partial charge in [0.05, 0.1) is 6.10 Å². The number of nitrogens with two attached hydrogens (primary N) is 1. The van der Waals surface area contributed by atoms with Crippen molar-refractivity contribution in [1.29, 1.82) is 0 Å². The summed E-state index contributed by atoms with van der Waals surface area (Å²) in [7, 11) is 0. The summed E-state index contributed by atoms with van der Waals surface area (Å²) in [6, 6.07) is 24.9. The number of fused-ring (bicyclic) bond motifs is 5. The smallest absolute Gasteiger partial charge is 0.248 e. The number of benzene rings is 3. The minimum Gasteiger partial charge on any atom is -0.388 e. The van der Waals surface area contributed by atoms with E-state index in [1.54, 1.807) is 6.07 Å². The molecule has 1 amide bonds. The van der Waals surface area contributed by atoms with E-state index < -0.39 is 12.0 Å². The molecule has 3 N–H and O–H groups in total. The van der Waals surface area contributed by atoms with E-state index in [9.17, 15) is 9.90 Å². The molecule has 5 atom stereocenters. The number of hydrogen-bond donors (Lipinski definition) is 2. The lowest BCUT2D eigenvalue weighted by Crippen LogP contribution is -2.44. The van der Waals surface area contributed by atoms with Crippen LogP contribution in [-0.2, 0) is 6.42 Å². The molecule has 0 radical (unpaired) electrons. The van der Waals surface area contributed by atoms with E-state index >= 15 is 0 Å². The molecule has 0 aromatic heterocycles. The average Bonchev–Trinajstić information content (AvgIpc) is 3.17. The Morgan fingerprint density at radius 3 is 2.54 bits per heavy atom. The zero-order valence-corrected chi connectivity index (χ0v) is 21.4. The standard InChI is InChI=1S/C34H35NO2/c1-34-17-16-29-28-14-12-23(11-10-22-6-3-2-4-7-22)18-25(28)13-15-30(29)31(34)21-27(32(34)36)20-24-8-5-9-26(19-24)33(35)37/h2-12,14,18-20,29-32,36H,13,15-17,21H2,1H3,(H2,35,37)/b11-10+,27-20+/t29?,30?,31?,32-,34-/m0/s1. The molecule has 2 saturated carbocycles. The Kier molecular flexibility index (Phi) is 6.12. The van der Waals surface area contributed by atoms with Gasteiger partial charge in [0.15, 0.2) is 0 Å². The molecule has 3 aromatic rings. The number of aliphatic hydroxyl groups excluding tert-OH is 1. The molecule has 188 valence electrons. The first-order valence-corrected chi connectivity index (χ1v) is 13.6. The second-order valence-corrected chi connectivity index (χ2v) is 11.5. The van der Waals surface area contributed by atoms with Gasteiger partial charge in [-0.05, 0) is 95.4 Å². The second-order valence-electron chi connectivity index (χ2n) is 11.5. The summed E-state index contributed by atoms with van der Waals surface area (Å²) in [4.78, 5) is 11.6. The fraction of sp³-hybridized carbons (Fsp3) is 0.324. The second kappa shape index (κ2) is 9.46. The third-order valence-electron chi connectivity index (χ3n) is 9.41. The van der Waals surface area contributed by atoms with Gasteiger partial charge in [-0.3, -0.25) is 4.79 Å². The molecule has 3 aromatic carbocycles. The van der Waals surface area contributed by atoms with Crippen LogP contribution in [0, 0.1) is 17.3 Å². The van der Waals surface area contributed by atoms with E-state index in [2.05, 4.69) is 67.6 Å². The van der Waals surface area contributed by atoms with Crippen molar-refractivity contribution in [2.24, 2.45) is 23.0 Å². The summed E-state index contributed by atoms with van der Waals surface area (Å²) < 4.78 is 0. The lowest BCUT2D eigenvalue weighted by atomic mass is 9.55. The monoisotopic (exact) mass is 489 g/mol. The molecular formula is C34H35NO2. The number of rotatable bonds is 4.